The monoisotopic (exact) mass is 271 g/mol. The number of halogens is 1. The molecule has 0 heterocycles. The summed E-state index contributed by atoms with van der Waals surface area (Å²) >= 11 is 5.76. The lowest BCUT2D eigenvalue weighted by Crippen LogP contribution is -2.32. The maximum atomic E-state index is 11.6. The first-order chi connectivity index (χ1) is 8.63. The van der Waals surface area contributed by atoms with Crippen LogP contribution in [0, 0.1) is 0 Å². The fourth-order valence-electron chi connectivity index (χ4n) is 1.41. The minimum absolute atomic E-state index is 0.216. The third-order valence-electron chi connectivity index (χ3n) is 2.46. The summed E-state index contributed by atoms with van der Waals surface area (Å²) in [5.74, 6) is -0.388. The molecule has 1 atom stereocenters. The lowest BCUT2D eigenvalue weighted by Gasteiger charge is -2.11. The summed E-state index contributed by atoms with van der Waals surface area (Å²) in [6.07, 6.45) is 1.31. The van der Waals surface area contributed by atoms with Crippen LogP contribution in [0.25, 0.3) is 0 Å². The number of nitrogens with two attached hydrogens (primary N) is 1. The van der Waals surface area contributed by atoms with Gasteiger partial charge >= 0.3 is 5.97 Å². The Morgan fingerprint density at radius 3 is 2.67 bits per heavy atom. The van der Waals surface area contributed by atoms with E-state index in [4.69, 9.17) is 26.8 Å². The summed E-state index contributed by atoms with van der Waals surface area (Å²) in [5.41, 5.74) is 6.58. The van der Waals surface area contributed by atoms with E-state index in [1.54, 1.807) is 19.2 Å². The molecule has 1 unspecified atom stereocenters. The van der Waals surface area contributed by atoms with Gasteiger partial charge in [-0.15, -0.1) is 0 Å². The van der Waals surface area contributed by atoms with Gasteiger partial charge in [-0.25, -0.2) is 0 Å². The van der Waals surface area contributed by atoms with E-state index in [2.05, 4.69) is 0 Å². The van der Waals surface area contributed by atoms with E-state index in [-0.39, 0.29) is 12.6 Å². The Balaban J connectivity index is 2.29. The predicted molar refractivity (Wildman–Crippen MR) is 70.3 cm³/mol. The second kappa shape index (κ2) is 8.08. The lowest BCUT2D eigenvalue weighted by molar-refractivity contribution is -0.146. The third kappa shape index (κ3) is 5.49. The van der Waals surface area contributed by atoms with E-state index in [1.165, 1.54) is 0 Å². The number of rotatable bonds is 7. The van der Waals surface area contributed by atoms with Crippen LogP contribution in [0.1, 0.15) is 18.4 Å². The largest absolute Gasteiger partial charge is 0.460 e. The zero-order chi connectivity index (χ0) is 13.4. The lowest BCUT2D eigenvalue weighted by atomic mass is 10.2. The molecule has 0 aliphatic heterocycles. The Bertz CT molecular complexity index is 367. The van der Waals surface area contributed by atoms with Crippen LogP contribution in [0.4, 0.5) is 0 Å². The summed E-state index contributed by atoms with van der Waals surface area (Å²) in [4.78, 5) is 11.6. The molecule has 2 N–H and O–H groups in total. The first kappa shape index (κ1) is 15.0. The summed E-state index contributed by atoms with van der Waals surface area (Å²) in [6.45, 7) is 0.812. The van der Waals surface area contributed by atoms with Crippen LogP contribution >= 0.6 is 11.6 Å². The molecular weight excluding hydrogens is 254 g/mol. The summed E-state index contributed by atoms with van der Waals surface area (Å²) in [6, 6.07) is 6.54. The molecule has 1 rings (SSSR count). The second-order valence-electron chi connectivity index (χ2n) is 3.98. The smallest absolute Gasteiger partial charge is 0.323 e. The summed E-state index contributed by atoms with van der Waals surface area (Å²) in [7, 11) is 1.62. The average Bonchev–Trinajstić information content (AvgIpc) is 2.38. The van der Waals surface area contributed by atoms with Crippen LogP contribution in [0.5, 0.6) is 0 Å². The van der Waals surface area contributed by atoms with Crippen LogP contribution in [-0.4, -0.2) is 25.7 Å². The molecule has 0 bridgehead atoms. The van der Waals surface area contributed by atoms with E-state index in [9.17, 15) is 4.79 Å². The molecule has 4 nitrogen and oxygen atoms in total. The van der Waals surface area contributed by atoms with E-state index >= 15 is 0 Å². The molecule has 1 aromatic rings. The zero-order valence-corrected chi connectivity index (χ0v) is 11.2. The number of methoxy groups -OCH3 is 1. The molecule has 0 aromatic heterocycles. The molecule has 0 fully saturated rings. The van der Waals surface area contributed by atoms with Gasteiger partial charge in [0, 0.05) is 18.7 Å². The van der Waals surface area contributed by atoms with E-state index in [0.29, 0.717) is 18.1 Å². The highest BCUT2D eigenvalue weighted by atomic mass is 35.5. The van der Waals surface area contributed by atoms with Crippen molar-refractivity contribution in [2.24, 2.45) is 5.73 Å². The average molecular weight is 272 g/mol. The standard InChI is InChI=1S/C13H18ClNO3/c1-17-8-2-3-12(15)13(16)18-9-10-4-6-11(14)7-5-10/h4-7,12H,2-3,8-9,15H2,1H3. The Morgan fingerprint density at radius 2 is 2.06 bits per heavy atom. The number of esters is 1. The van der Waals surface area contributed by atoms with E-state index in [0.717, 1.165) is 12.0 Å². The SMILES string of the molecule is COCCCC(N)C(=O)OCc1ccc(Cl)cc1. The first-order valence-electron chi connectivity index (χ1n) is 5.79. The molecule has 1 aromatic carbocycles. The van der Waals surface area contributed by atoms with Gasteiger partial charge in [-0.2, -0.15) is 0 Å². The van der Waals surface area contributed by atoms with Gasteiger partial charge in [0.1, 0.15) is 12.6 Å². The minimum Gasteiger partial charge on any atom is -0.460 e. The van der Waals surface area contributed by atoms with Crippen molar-refractivity contribution in [1.29, 1.82) is 0 Å². The van der Waals surface area contributed by atoms with Gasteiger partial charge in [0.2, 0.25) is 0 Å². The molecule has 0 radical (unpaired) electrons. The molecule has 0 aliphatic rings. The maximum Gasteiger partial charge on any atom is 0.323 e. The molecule has 5 heteroatoms. The zero-order valence-electron chi connectivity index (χ0n) is 10.4. The Kier molecular flexibility index (Phi) is 6.72. The maximum absolute atomic E-state index is 11.6. The van der Waals surface area contributed by atoms with Gasteiger partial charge in [0.05, 0.1) is 0 Å². The molecule has 18 heavy (non-hydrogen) atoms. The van der Waals surface area contributed by atoms with Crippen molar-refractivity contribution in [3.8, 4) is 0 Å². The van der Waals surface area contributed by atoms with Gasteiger partial charge in [0.25, 0.3) is 0 Å². The highest BCUT2D eigenvalue weighted by Crippen LogP contribution is 2.10. The molecular formula is C13H18ClNO3. The fraction of sp³-hybridized carbons (Fsp3) is 0.462. The number of hydrogen-bond donors (Lipinski definition) is 1. The normalized spacial score (nSPS) is 12.2. The van der Waals surface area contributed by atoms with E-state index in [1.807, 2.05) is 12.1 Å². The number of ether oxygens (including phenoxy) is 2. The third-order valence-corrected chi connectivity index (χ3v) is 2.71. The molecule has 0 saturated carbocycles. The van der Waals surface area contributed by atoms with Crippen molar-refractivity contribution < 1.29 is 14.3 Å². The second-order valence-corrected chi connectivity index (χ2v) is 4.41. The van der Waals surface area contributed by atoms with Crippen molar-refractivity contribution >= 4 is 17.6 Å². The van der Waals surface area contributed by atoms with Crippen molar-refractivity contribution in [2.45, 2.75) is 25.5 Å². The van der Waals surface area contributed by atoms with Crippen LogP contribution in [0.2, 0.25) is 5.02 Å². The van der Waals surface area contributed by atoms with Crippen molar-refractivity contribution in [3.05, 3.63) is 34.9 Å². The molecule has 100 valence electrons. The van der Waals surface area contributed by atoms with Gasteiger partial charge in [-0.3, -0.25) is 4.79 Å². The van der Waals surface area contributed by atoms with Crippen LogP contribution in [0.3, 0.4) is 0 Å². The van der Waals surface area contributed by atoms with Crippen molar-refractivity contribution in [3.63, 3.8) is 0 Å². The molecule has 0 amide bonds. The van der Waals surface area contributed by atoms with Crippen molar-refractivity contribution in [1.82, 2.24) is 0 Å². The van der Waals surface area contributed by atoms with Crippen molar-refractivity contribution in [2.75, 3.05) is 13.7 Å². The van der Waals surface area contributed by atoms with Crippen LogP contribution < -0.4 is 5.73 Å². The highest BCUT2D eigenvalue weighted by molar-refractivity contribution is 6.30. The highest BCUT2D eigenvalue weighted by Gasteiger charge is 2.14. The number of hydrogen-bond acceptors (Lipinski definition) is 4. The van der Waals surface area contributed by atoms with Gasteiger partial charge in [0.15, 0.2) is 0 Å². The Morgan fingerprint density at radius 1 is 1.39 bits per heavy atom. The topological polar surface area (TPSA) is 61.5 Å². The minimum atomic E-state index is -0.590. The van der Waals surface area contributed by atoms with Gasteiger partial charge in [-0.1, -0.05) is 23.7 Å². The summed E-state index contributed by atoms with van der Waals surface area (Å²) < 4.78 is 10.0. The van der Waals surface area contributed by atoms with Crippen LogP contribution in [0.15, 0.2) is 24.3 Å². The Hall–Kier alpha value is -1.10. The van der Waals surface area contributed by atoms with Crippen LogP contribution in [-0.2, 0) is 20.9 Å². The summed E-state index contributed by atoms with van der Waals surface area (Å²) in [5, 5.41) is 0.654. The van der Waals surface area contributed by atoms with E-state index < -0.39 is 6.04 Å². The van der Waals surface area contributed by atoms with Gasteiger partial charge < -0.3 is 15.2 Å². The quantitative estimate of drug-likeness (QED) is 0.610. The van der Waals surface area contributed by atoms with Gasteiger partial charge in [-0.05, 0) is 30.5 Å². The fourth-order valence-corrected chi connectivity index (χ4v) is 1.53. The number of carbonyl (C=O) groups excluding carboxylic acids is 1. The molecule has 0 saturated heterocycles. The Labute approximate surface area is 112 Å². The molecule has 0 aliphatic carbocycles. The molecule has 0 spiro atoms. The number of benzene rings is 1. The number of carbonyl (C=O) groups is 1. The first-order valence-corrected chi connectivity index (χ1v) is 6.17. The predicted octanol–water partition coefficient (Wildman–Crippen LogP) is 2.14.